The second kappa shape index (κ2) is 13.0. The van der Waals surface area contributed by atoms with Crippen molar-refractivity contribution in [2.45, 2.75) is 45.7 Å². The van der Waals surface area contributed by atoms with E-state index >= 15 is 0 Å². The number of benzene rings is 2. The summed E-state index contributed by atoms with van der Waals surface area (Å²) in [5, 5.41) is 17.3. The molecule has 206 valence electrons. The van der Waals surface area contributed by atoms with Crippen LogP contribution in [-0.4, -0.2) is 49.8 Å². The Hall–Kier alpha value is -2.99. The zero-order valence-corrected chi connectivity index (χ0v) is 22.5. The number of sulfonamides is 1. The predicted molar refractivity (Wildman–Crippen MR) is 136 cm³/mol. The van der Waals surface area contributed by atoms with Gasteiger partial charge in [0.15, 0.2) is 0 Å². The summed E-state index contributed by atoms with van der Waals surface area (Å²) in [4.78, 5) is 23.0. The predicted octanol–water partition coefficient (Wildman–Crippen LogP) is 5.90. The van der Waals surface area contributed by atoms with Gasteiger partial charge in [-0.3, -0.25) is 4.72 Å². The van der Waals surface area contributed by atoms with Gasteiger partial charge < -0.3 is 15.1 Å². The maximum Gasteiger partial charge on any atom is 0.490 e. The maximum absolute atomic E-state index is 12.8. The van der Waals surface area contributed by atoms with Gasteiger partial charge >= 0.3 is 18.1 Å². The van der Waals surface area contributed by atoms with E-state index in [1.165, 1.54) is 12.1 Å². The van der Waals surface area contributed by atoms with Crippen LogP contribution >= 0.6 is 11.6 Å². The number of hydrogen-bond acceptors (Lipinski definition) is 5. The number of nitrogens with zero attached hydrogens (tertiary/aromatic N) is 1. The Morgan fingerprint density at radius 3 is 1.97 bits per heavy atom. The van der Waals surface area contributed by atoms with Crippen LogP contribution in [-0.2, 0) is 14.8 Å². The van der Waals surface area contributed by atoms with E-state index < -0.39 is 28.1 Å². The minimum absolute atomic E-state index is 0.0530. The number of alkyl halides is 3. The minimum atomic E-state index is -5.08. The number of carboxylic acid groups (broad SMARTS) is 2. The minimum Gasteiger partial charge on any atom is -0.478 e. The normalized spacial score (nSPS) is 11.6. The summed E-state index contributed by atoms with van der Waals surface area (Å²) in [5.41, 5.74) is 1.25. The van der Waals surface area contributed by atoms with Gasteiger partial charge in [0.05, 0.1) is 16.1 Å². The molecule has 0 heterocycles. The number of aliphatic carboxylic acids is 1. The van der Waals surface area contributed by atoms with Crippen LogP contribution in [0, 0.1) is 18.8 Å². The molecule has 0 aliphatic rings. The van der Waals surface area contributed by atoms with Gasteiger partial charge in [0.25, 0.3) is 10.0 Å². The van der Waals surface area contributed by atoms with Crippen molar-refractivity contribution in [2.75, 3.05) is 22.7 Å². The Balaban J connectivity index is 0.000000856. The molecule has 0 atom stereocenters. The van der Waals surface area contributed by atoms with E-state index in [4.69, 9.17) is 21.5 Å². The van der Waals surface area contributed by atoms with Crippen molar-refractivity contribution in [1.29, 1.82) is 0 Å². The van der Waals surface area contributed by atoms with Crippen molar-refractivity contribution in [3.63, 3.8) is 0 Å². The summed E-state index contributed by atoms with van der Waals surface area (Å²) in [7, 11) is -3.92. The largest absolute Gasteiger partial charge is 0.490 e. The first kappa shape index (κ1) is 32.0. The number of halogens is 4. The molecule has 2 aromatic carbocycles. The van der Waals surface area contributed by atoms with E-state index in [9.17, 15) is 31.5 Å². The van der Waals surface area contributed by atoms with Crippen molar-refractivity contribution in [1.82, 2.24) is 0 Å². The van der Waals surface area contributed by atoms with Crippen molar-refractivity contribution in [2.24, 2.45) is 11.8 Å². The summed E-state index contributed by atoms with van der Waals surface area (Å²) in [5.74, 6) is -3.18. The van der Waals surface area contributed by atoms with E-state index in [2.05, 4.69) is 32.4 Å². The monoisotopic (exact) mass is 566 g/mol. The van der Waals surface area contributed by atoms with E-state index in [-0.39, 0.29) is 16.1 Å². The van der Waals surface area contributed by atoms with Crippen LogP contribution in [0.2, 0.25) is 5.02 Å². The maximum atomic E-state index is 12.8. The first-order chi connectivity index (χ1) is 16.9. The fraction of sp³-hybridized carbons (Fsp3) is 0.417. The molecular formula is C24H30ClF3N2O6S. The van der Waals surface area contributed by atoms with Gasteiger partial charge in [-0.05, 0) is 54.7 Å². The summed E-state index contributed by atoms with van der Waals surface area (Å²) in [6.07, 6.45) is -5.08. The molecule has 0 unspecified atom stereocenters. The molecule has 13 heteroatoms. The fourth-order valence-electron chi connectivity index (χ4n) is 3.29. The zero-order valence-electron chi connectivity index (χ0n) is 20.9. The number of aromatic carboxylic acids is 1. The summed E-state index contributed by atoms with van der Waals surface area (Å²) in [6, 6.07) is 9.26. The van der Waals surface area contributed by atoms with Crippen LogP contribution in [0.3, 0.4) is 0 Å². The molecule has 2 rings (SSSR count). The third-order valence-corrected chi connectivity index (χ3v) is 6.68. The van der Waals surface area contributed by atoms with Crippen LogP contribution < -0.4 is 9.62 Å². The Bertz CT molecular complexity index is 1210. The number of hydrogen-bond donors (Lipinski definition) is 3. The van der Waals surface area contributed by atoms with Gasteiger partial charge in [0, 0.05) is 23.8 Å². The summed E-state index contributed by atoms with van der Waals surface area (Å²) >= 11 is 6.05. The molecule has 2 aromatic rings. The molecule has 0 saturated heterocycles. The highest BCUT2D eigenvalue weighted by Gasteiger charge is 2.38. The highest BCUT2D eigenvalue weighted by Crippen LogP contribution is 2.29. The summed E-state index contributed by atoms with van der Waals surface area (Å²) in [6.45, 7) is 11.3. The smallest absolute Gasteiger partial charge is 0.478 e. The highest BCUT2D eigenvalue weighted by molar-refractivity contribution is 7.92. The second-order valence-corrected chi connectivity index (χ2v) is 11.1. The van der Waals surface area contributed by atoms with Crippen molar-refractivity contribution in [3.05, 3.63) is 52.5 Å². The lowest BCUT2D eigenvalue weighted by Gasteiger charge is -2.30. The van der Waals surface area contributed by atoms with Gasteiger partial charge in [0.2, 0.25) is 0 Å². The number of rotatable bonds is 9. The van der Waals surface area contributed by atoms with Crippen molar-refractivity contribution >= 4 is 44.9 Å². The van der Waals surface area contributed by atoms with Crippen molar-refractivity contribution < 1.29 is 41.4 Å². The topological polar surface area (TPSA) is 124 Å². The zero-order chi connectivity index (χ0) is 28.7. The molecule has 0 spiro atoms. The summed E-state index contributed by atoms with van der Waals surface area (Å²) < 4.78 is 59.9. The van der Waals surface area contributed by atoms with Crippen LogP contribution in [0.15, 0.2) is 41.3 Å². The molecule has 0 amide bonds. The lowest BCUT2D eigenvalue weighted by atomic mass is 10.1. The average molecular weight is 567 g/mol. The molecular weight excluding hydrogens is 537 g/mol. The molecule has 0 fully saturated rings. The third-order valence-electron chi connectivity index (χ3n) is 4.74. The molecule has 0 saturated carbocycles. The van der Waals surface area contributed by atoms with Gasteiger partial charge in [-0.1, -0.05) is 45.4 Å². The van der Waals surface area contributed by atoms with E-state index in [1.54, 1.807) is 31.2 Å². The van der Waals surface area contributed by atoms with E-state index in [0.29, 0.717) is 41.2 Å². The van der Waals surface area contributed by atoms with E-state index in [0.717, 1.165) is 0 Å². The number of anilines is 2. The second-order valence-electron chi connectivity index (χ2n) is 9.00. The Kier molecular flexibility index (Phi) is 11.3. The standard InChI is InChI=1S/C22H29ClN2O4S.C2HF3O2/c1-14(2)12-25(13-15(3)4)20-10-9-17(11-18(20)22(26)27)24-30(28,29)21-8-6-7-19(23)16(21)5;3-2(4,5)1(6)7/h6-11,14-15,24H,12-13H2,1-5H3,(H,26,27);(H,6,7). The first-order valence-electron chi connectivity index (χ1n) is 11.1. The molecule has 0 bridgehead atoms. The van der Waals surface area contributed by atoms with Gasteiger partial charge in [0.1, 0.15) is 0 Å². The molecule has 0 radical (unpaired) electrons. The third kappa shape index (κ3) is 9.77. The van der Waals surface area contributed by atoms with Gasteiger partial charge in [-0.15, -0.1) is 0 Å². The SMILES string of the molecule is Cc1c(Cl)cccc1S(=O)(=O)Nc1ccc(N(CC(C)C)CC(C)C)c(C(=O)O)c1.O=C(O)C(F)(F)F. The first-order valence-corrected chi connectivity index (χ1v) is 12.9. The Morgan fingerprint density at radius 2 is 1.54 bits per heavy atom. The quantitative estimate of drug-likeness (QED) is 0.345. The molecule has 37 heavy (non-hydrogen) atoms. The number of carboxylic acids is 2. The molecule has 0 aliphatic heterocycles. The molecule has 8 nitrogen and oxygen atoms in total. The average Bonchev–Trinajstić information content (AvgIpc) is 2.73. The number of carbonyl (C=O) groups is 2. The highest BCUT2D eigenvalue weighted by atomic mass is 35.5. The van der Waals surface area contributed by atoms with Crippen LogP contribution in [0.4, 0.5) is 24.5 Å². The molecule has 3 N–H and O–H groups in total. The Labute approximate surface area is 219 Å². The number of nitrogens with one attached hydrogen (secondary N) is 1. The Morgan fingerprint density at radius 1 is 1.03 bits per heavy atom. The lowest BCUT2D eigenvalue weighted by molar-refractivity contribution is -0.192. The van der Waals surface area contributed by atoms with E-state index in [1.807, 2.05) is 4.90 Å². The molecule has 0 aliphatic carbocycles. The van der Waals surface area contributed by atoms with Gasteiger partial charge in [-0.2, -0.15) is 13.2 Å². The molecule has 0 aromatic heterocycles. The van der Waals surface area contributed by atoms with Gasteiger partial charge in [-0.25, -0.2) is 18.0 Å². The van der Waals surface area contributed by atoms with Crippen LogP contribution in [0.1, 0.15) is 43.6 Å². The van der Waals surface area contributed by atoms with Crippen LogP contribution in [0.5, 0.6) is 0 Å². The lowest BCUT2D eigenvalue weighted by Crippen LogP contribution is -2.32. The van der Waals surface area contributed by atoms with Crippen LogP contribution in [0.25, 0.3) is 0 Å². The fourth-order valence-corrected chi connectivity index (χ4v) is 4.84. The van der Waals surface area contributed by atoms with Crippen molar-refractivity contribution in [3.8, 4) is 0 Å².